The minimum absolute atomic E-state index is 0.0681. The molecule has 4 bridgehead atoms. The van der Waals surface area contributed by atoms with Crippen molar-refractivity contribution in [3.63, 3.8) is 0 Å². The molecule has 4 saturated carbocycles. The van der Waals surface area contributed by atoms with Crippen LogP contribution in [0, 0.1) is 29.6 Å². The van der Waals surface area contributed by atoms with Crippen molar-refractivity contribution < 1.29 is 19.4 Å². The number of nitrogens with one attached hydrogen (secondary N) is 3. The van der Waals surface area contributed by atoms with Crippen molar-refractivity contribution in [2.75, 3.05) is 40.3 Å². The van der Waals surface area contributed by atoms with Gasteiger partial charge in [0.25, 0.3) is 0 Å². The maximum absolute atomic E-state index is 13.2. The van der Waals surface area contributed by atoms with Crippen LogP contribution >= 0.6 is 11.6 Å². The zero-order chi connectivity index (χ0) is 26.4. The number of carboxylic acid groups (broad SMARTS) is 1. The topological polar surface area (TPSA) is 103 Å². The van der Waals surface area contributed by atoms with Gasteiger partial charge in [0.15, 0.2) is 0 Å². The number of ether oxygens (including phenoxy) is 1. The summed E-state index contributed by atoms with van der Waals surface area (Å²) in [6, 6.07) is 7.51. The summed E-state index contributed by atoms with van der Waals surface area (Å²) in [6.45, 7) is 1.70. The molecular formula is C28H43ClN4O4. The number of nitrogens with zero attached hydrogens (tertiary/aromatic N) is 1. The number of hydrogen-bond donors (Lipinski definition) is 4. The van der Waals surface area contributed by atoms with Crippen LogP contribution in [0.25, 0.3) is 0 Å². The lowest BCUT2D eigenvalue weighted by Crippen LogP contribution is -2.51. The molecular weight excluding hydrogens is 492 g/mol. The van der Waals surface area contributed by atoms with Crippen molar-refractivity contribution in [1.29, 1.82) is 0 Å². The lowest BCUT2D eigenvalue weighted by molar-refractivity contribution is -0.0428. The molecule has 0 spiro atoms. The molecule has 0 heterocycles. The van der Waals surface area contributed by atoms with Crippen molar-refractivity contribution >= 4 is 23.7 Å². The van der Waals surface area contributed by atoms with E-state index in [0.717, 1.165) is 48.1 Å². The van der Waals surface area contributed by atoms with Gasteiger partial charge in [-0.05, 0) is 99.3 Å². The molecule has 0 aromatic heterocycles. The van der Waals surface area contributed by atoms with E-state index in [9.17, 15) is 9.59 Å². The Bertz CT molecular complexity index is 888. The number of urea groups is 1. The first-order chi connectivity index (χ1) is 17.8. The minimum atomic E-state index is -1.08. The summed E-state index contributed by atoms with van der Waals surface area (Å²) in [4.78, 5) is 25.6. The summed E-state index contributed by atoms with van der Waals surface area (Å²) in [5.74, 6) is 4.33. The molecule has 206 valence electrons. The number of carbonyl (C=O) groups excluding carboxylic acids is 1. The number of rotatable bonds is 13. The predicted molar refractivity (Wildman–Crippen MR) is 145 cm³/mol. The van der Waals surface area contributed by atoms with E-state index in [1.165, 1.54) is 32.1 Å². The average molecular weight is 535 g/mol. The molecule has 2 atom stereocenters. The van der Waals surface area contributed by atoms with Crippen LogP contribution in [0.2, 0.25) is 5.02 Å². The smallest absolute Gasteiger partial charge is 0.404 e. The van der Waals surface area contributed by atoms with Crippen LogP contribution in [-0.2, 0) is 4.74 Å². The summed E-state index contributed by atoms with van der Waals surface area (Å²) < 4.78 is 5.99. The number of hydrogen-bond acceptors (Lipinski definition) is 4. The lowest BCUT2D eigenvalue weighted by Gasteiger charge is -2.55. The first-order valence-electron chi connectivity index (χ1n) is 13.8. The van der Waals surface area contributed by atoms with Gasteiger partial charge in [0.2, 0.25) is 0 Å². The second-order valence-electron chi connectivity index (χ2n) is 11.4. The van der Waals surface area contributed by atoms with Gasteiger partial charge in [-0.15, -0.1) is 0 Å². The van der Waals surface area contributed by atoms with E-state index in [4.69, 9.17) is 21.4 Å². The van der Waals surface area contributed by atoms with Crippen molar-refractivity contribution in [3.8, 4) is 0 Å². The molecule has 37 heavy (non-hydrogen) atoms. The number of likely N-dealkylation sites (N-methyl/N-ethyl adjacent to an activating group) is 1. The van der Waals surface area contributed by atoms with Crippen molar-refractivity contribution in [2.24, 2.45) is 29.6 Å². The second-order valence-corrected chi connectivity index (χ2v) is 11.8. The van der Waals surface area contributed by atoms with Gasteiger partial charge in [0.05, 0.1) is 12.7 Å². The van der Waals surface area contributed by atoms with Crippen LogP contribution in [0.15, 0.2) is 24.3 Å². The van der Waals surface area contributed by atoms with E-state index >= 15 is 0 Å². The summed E-state index contributed by atoms with van der Waals surface area (Å²) >= 11 is 6.19. The molecule has 1 aromatic rings. The molecule has 0 unspecified atom stereocenters. The Morgan fingerprint density at radius 1 is 1.16 bits per heavy atom. The SMILES string of the molecule is CNC[C@H](CC1C2CC3CC(C2)CC1C3)NC(=O)N(C)CC[C@@H](OCCNC(=O)O)c1cccc(Cl)c1. The van der Waals surface area contributed by atoms with Crippen molar-refractivity contribution in [2.45, 2.75) is 57.1 Å². The molecule has 0 aliphatic heterocycles. The molecule has 5 rings (SSSR count). The molecule has 8 nitrogen and oxygen atoms in total. The Labute approximate surface area is 225 Å². The van der Waals surface area contributed by atoms with Crippen LogP contribution in [-0.4, -0.2) is 68.5 Å². The Kier molecular flexibility index (Phi) is 9.96. The van der Waals surface area contributed by atoms with Crippen LogP contribution < -0.4 is 16.0 Å². The summed E-state index contributed by atoms with van der Waals surface area (Å²) in [5, 5.41) is 18.3. The lowest BCUT2D eigenvalue weighted by atomic mass is 9.51. The molecule has 4 aliphatic rings. The highest BCUT2D eigenvalue weighted by molar-refractivity contribution is 6.30. The van der Waals surface area contributed by atoms with Crippen LogP contribution in [0.3, 0.4) is 0 Å². The van der Waals surface area contributed by atoms with E-state index < -0.39 is 6.09 Å². The molecule has 4 fully saturated rings. The third-order valence-electron chi connectivity index (χ3n) is 8.75. The third kappa shape index (κ3) is 7.74. The van der Waals surface area contributed by atoms with Gasteiger partial charge in [0.1, 0.15) is 0 Å². The number of carbonyl (C=O) groups is 2. The van der Waals surface area contributed by atoms with E-state index in [1.54, 1.807) is 11.0 Å². The Morgan fingerprint density at radius 2 is 1.86 bits per heavy atom. The van der Waals surface area contributed by atoms with Gasteiger partial charge in [0, 0.05) is 37.7 Å². The van der Waals surface area contributed by atoms with Crippen LogP contribution in [0.5, 0.6) is 0 Å². The van der Waals surface area contributed by atoms with Gasteiger partial charge in [-0.1, -0.05) is 23.7 Å². The Balaban J connectivity index is 1.30. The molecule has 1 aromatic carbocycles. The monoisotopic (exact) mass is 534 g/mol. The highest BCUT2D eigenvalue weighted by Gasteiger charge is 2.48. The average Bonchev–Trinajstić information content (AvgIpc) is 2.85. The highest BCUT2D eigenvalue weighted by Crippen LogP contribution is 2.57. The van der Waals surface area contributed by atoms with E-state index in [0.29, 0.717) is 18.0 Å². The Morgan fingerprint density at radius 3 is 2.49 bits per heavy atom. The molecule has 0 saturated heterocycles. The second kappa shape index (κ2) is 13.2. The molecule has 4 aliphatic carbocycles. The molecule has 4 N–H and O–H groups in total. The third-order valence-corrected chi connectivity index (χ3v) is 8.98. The predicted octanol–water partition coefficient (Wildman–Crippen LogP) is 4.75. The summed E-state index contributed by atoms with van der Waals surface area (Å²) in [6.07, 6.45) is 7.28. The first kappa shape index (κ1) is 28.0. The summed E-state index contributed by atoms with van der Waals surface area (Å²) in [5.41, 5.74) is 0.909. The first-order valence-corrected chi connectivity index (χ1v) is 14.2. The van der Waals surface area contributed by atoms with Gasteiger partial charge >= 0.3 is 12.1 Å². The van der Waals surface area contributed by atoms with Gasteiger partial charge in [-0.2, -0.15) is 0 Å². The van der Waals surface area contributed by atoms with E-state index in [-0.39, 0.29) is 31.3 Å². The van der Waals surface area contributed by atoms with E-state index in [2.05, 4.69) is 16.0 Å². The minimum Gasteiger partial charge on any atom is -0.465 e. The normalized spacial score (nSPS) is 27.5. The fourth-order valence-electron chi connectivity index (χ4n) is 7.30. The molecule has 9 heteroatoms. The maximum atomic E-state index is 13.2. The highest BCUT2D eigenvalue weighted by atomic mass is 35.5. The quantitative estimate of drug-likeness (QED) is 0.274. The van der Waals surface area contributed by atoms with Crippen LogP contribution in [0.1, 0.15) is 56.6 Å². The number of benzene rings is 1. The fourth-order valence-corrected chi connectivity index (χ4v) is 7.50. The standard InChI is InChI=1S/C28H43ClN4O4/c1-30-17-24(16-25-21-11-18-10-19(13-21)14-22(25)12-18)32-27(34)33(2)8-6-26(37-9-7-31-28(35)36)20-4-3-5-23(29)15-20/h3-5,15,18-19,21-22,24-26,30-31H,6-14,16-17H2,1-2H3,(H,32,34)(H,35,36)/t18?,19?,21?,22?,24-,25?,26+/m0/s1. The number of halogens is 1. The van der Waals surface area contributed by atoms with Gasteiger partial charge in [-0.25, -0.2) is 9.59 Å². The summed E-state index contributed by atoms with van der Waals surface area (Å²) in [7, 11) is 3.77. The largest absolute Gasteiger partial charge is 0.465 e. The Hall–Kier alpha value is -2.03. The fraction of sp³-hybridized carbons (Fsp3) is 0.714. The zero-order valence-corrected chi connectivity index (χ0v) is 22.9. The van der Waals surface area contributed by atoms with Crippen molar-refractivity contribution in [3.05, 3.63) is 34.9 Å². The van der Waals surface area contributed by atoms with Gasteiger partial charge < -0.3 is 30.7 Å². The van der Waals surface area contributed by atoms with Gasteiger partial charge in [-0.3, -0.25) is 0 Å². The maximum Gasteiger partial charge on any atom is 0.404 e. The zero-order valence-electron chi connectivity index (χ0n) is 22.1. The molecule has 0 radical (unpaired) electrons. The van der Waals surface area contributed by atoms with Crippen LogP contribution in [0.4, 0.5) is 9.59 Å². The molecule has 3 amide bonds. The van der Waals surface area contributed by atoms with Crippen molar-refractivity contribution in [1.82, 2.24) is 20.9 Å². The van der Waals surface area contributed by atoms with E-state index in [1.807, 2.05) is 32.3 Å². The number of amides is 3.